The average Bonchev–Trinajstić information content (AvgIpc) is 2.50. The molecular formula is C14H18BrNO2. The van der Waals surface area contributed by atoms with E-state index in [-0.39, 0.29) is 0 Å². The van der Waals surface area contributed by atoms with Crippen molar-refractivity contribution in [2.24, 2.45) is 0 Å². The average molecular weight is 312 g/mol. The van der Waals surface area contributed by atoms with Crippen LogP contribution in [0.4, 0.5) is 5.69 Å². The van der Waals surface area contributed by atoms with Crippen LogP contribution in [-0.2, 0) is 0 Å². The van der Waals surface area contributed by atoms with Gasteiger partial charge in [-0.2, -0.15) is 0 Å². The van der Waals surface area contributed by atoms with Gasteiger partial charge in [-0.3, -0.25) is 4.79 Å². The second kappa shape index (κ2) is 5.41. The van der Waals surface area contributed by atoms with E-state index in [0.717, 1.165) is 48.8 Å². The van der Waals surface area contributed by atoms with Crippen molar-refractivity contribution in [2.75, 3.05) is 18.0 Å². The Morgan fingerprint density at radius 1 is 1.39 bits per heavy atom. The molecule has 98 valence electrons. The monoisotopic (exact) mass is 311 g/mol. The molecule has 0 spiro atoms. The molecule has 0 bridgehead atoms. The van der Waals surface area contributed by atoms with E-state index in [1.165, 1.54) is 0 Å². The van der Waals surface area contributed by atoms with Gasteiger partial charge in [0.15, 0.2) is 6.29 Å². The Hall–Kier alpha value is -0.870. The van der Waals surface area contributed by atoms with Crippen LogP contribution in [0, 0.1) is 0 Å². The number of benzene rings is 1. The number of nitrogens with zero attached hydrogens (tertiary/aromatic N) is 1. The molecule has 0 aliphatic carbocycles. The summed E-state index contributed by atoms with van der Waals surface area (Å²) in [5, 5.41) is 10.1. The number of carbonyl (C=O) groups excluding carboxylic acids is 1. The van der Waals surface area contributed by atoms with Crippen molar-refractivity contribution in [1.29, 1.82) is 0 Å². The molecule has 1 atom stereocenters. The van der Waals surface area contributed by atoms with Gasteiger partial charge in [0.1, 0.15) is 0 Å². The predicted octanol–water partition coefficient (Wildman–Crippen LogP) is 3.00. The highest BCUT2D eigenvalue weighted by atomic mass is 79.9. The lowest BCUT2D eigenvalue weighted by Gasteiger charge is -2.25. The lowest BCUT2D eigenvalue weighted by atomic mass is 9.98. The van der Waals surface area contributed by atoms with Crippen molar-refractivity contribution in [2.45, 2.75) is 31.8 Å². The van der Waals surface area contributed by atoms with Gasteiger partial charge in [0.2, 0.25) is 0 Å². The van der Waals surface area contributed by atoms with E-state index in [4.69, 9.17) is 0 Å². The molecule has 1 unspecified atom stereocenters. The Morgan fingerprint density at radius 2 is 2.17 bits per heavy atom. The number of hydrogen-bond acceptors (Lipinski definition) is 3. The van der Waals surface area contributed by atoms with Gasteiger partial charge in [-0.05, 0) is 44.4 Å². The highest BCUT2D eigenvalue weighted by Crippen LogP contribution is 2.28. The maximum Gasteiger partial charge on any atom is 0.152 e. The van der Waals surface area contributed by atoms with Gasteiger partial charge in [-0.15, -0.1) is 0 Å². The van der Waals surface area contributed by atoms with Gasteiger partial charge < -0.3 is 10.0 Å². The van der Waals surface area contributed by atoms with Crippen molar-refractivity contribution >= 4 is 27.9 Å². The largest absolute Gasteiger partial charge is 0.390 e. The molecule has 1 N–H and O–H groups in total. The minimum atomic E-state index is -0.578. The van der Waals surface area contributed by atoms with Crippen molar-refractivity contribution in [3.8, 4) is 0 Å². The van der Waals surface area contributed by atoms with Crippen LogP contribution in [0.5, 0.6) is 0 Å². The third kappa shape index (κ3) is 3.12. The first kappa shape index (κ1) is 13.6. The first-order chi connectivity index (χ1) is 8.52. The smallest absolute Gasteiger partial charge is 0.152 e. The minimum absolute atomic E-state index is 0.578. The first-order valence-corrected chi connectivity index (χ1v) is 7.03. The lowest BCUT2D eigenvalue weighted by Crippen LogP contribution is -2.28. The predicted molar refractivity (Wildman–Crippen MR) is 76.2 cm³/mol. The molecule has 1 aromatic rings. The topological polar surface area (TPSA) is 40.5 Å². The van der Waals surface area contributed by atoms with Crippen molar-refractivity contribution in [3.05, 3.63) is 28.2 Å². The van der Waals surface area contributed by atoms with E-state index in [1.807, 2.05) is 25.1 Å². The van der Waals surface area contributed by atoms with Gasteiger partial charge in [0.25, 0.3) is 0 Å². The van der Waals surface area contributed by atoms with Crippen LogP contribution in [0.3, 0.4) is 0 Å². The fraction of sp³-hybridized carbons (Fsp3) is 0.500. The second-order valence-electron chi connectivity index (χ2n) is 5.16. The third-order valence-corrected chi connectivity index (χ3v) is 4.01. The van der Waals surface area contributed by atoms with Crippen molar-refractivity contribution in [3.63, 3.8) is 0 Å². The van der Waals surface area contributed by atoms with E-state index in [1.54, 1.807) is 0 Å². The highest BCUT2D eigenvalue weighted by molar-refractivity contribution is 9.10. The summed E-state index contributed by atoms with van der Waals surface area (Å²) >= 11 is 3.38. The summed E-state index contributed by atoms with van der Waals surface area (Å²) in [6.45, 7) is 3.56. The number of halogens is 1. The summed E-state index contributed by atoms with van der Waals surface area (Å²) in [6.07, 6.45) is 3.39. The summed E-state index contributed by atoms with van der Waals surface area (Å²) in [6, 6.07) is 5.75. The summed E-state index contributed by atoms with van der Waals surface area (Å²) in [5.74, 6) is 0. The zero-order valence-corrected chi connectivity index (χ0v) is 12.1. The molecule has 4 heteroatoms. The molecule has 1 aliphatic heterocycles. The van der Waals surface area contributed by atoms with Gasteiger partial charge in [0.05, 0.1) is 5.60 Å². The molecule has 1 fully saturated rings. The zero-order valence-electron chi connectivity index (χ0n) is 10.5. The maximum atomic E-state index is 11.1. The number of hydrogen-bond donors (Lipinski definition) is 1. The van der Waals surface area contributed by atoms with E-state index < -0.39 is 5.60 Å². The molecule has 3 nitrogen and oxygen atoms in total. The lowest BCUT2D eigenvalue weighted by molar-refractivity contribution is 0.0481. The first-order valence-electron chi connectivity index (χ1n) is 6.24. The molecule has 0 aromatic heterocycles. The Labute approximate surface area is 116 Å². The van der Waals surface area contributed by atoms with Crippen LogP contribution < -0.4 is 4.90 Å². The zero-order chi connectivity index (χ0) is 13.2. The number of rotatable bonds is 2. The number of aliphatic hydroxyl groups is 1. The number of anilines is 1. The molecule has 1 aliphatic rings. The Bertz CT molecular complexity index is 445. The number of aldehydes is 1. The molecule has 18 heavy (non-hydrogen) atoms. The Balaban J connectivity index is 2.23. The van der Waals surface area contributed by atoms with Crippen LogP contribution in [0.1, 0.15) is 36.5 Å². The fourth-order valence-corrected chi connectivity index (χ4v) is 2.79. The standard InChI is InChI=1S/C14H18BrNO2/c1-14(18)5-2-7-16(8-6-14)13-4-3-12(15)9-11(13)10-17/h3-4,9-10,18H,2,5-8H2,1H3. The molecule has 1 saturated heterocycles. The normalized spacial score (nSPS) is 24.7. The van der Waals surface area contributed by atoms with Crippen LogP contribution in [0.15, 0.2) is 22.7 Å². The Morgan fingerprint density at radius 3 is 2.89 bits per heavy atom. The van der Waals surface area contributed by atoms with E-state index in [2.05, 4.69) is 20.8 Å². The highest BCUT2D eigenvalue weighted by Gasteiger charge is 2.25. The van der Waals surface area contributed by atoms with Crippen molar-refractivity contribution < 1.29 is 9.90 Å². The van der Waals surface area contributed by atoms with Gasteiger partial charge >= 0.3 is 0 Å². The van der Waals surface area contributed by atoms with Gasteiger partial charge in [-0.1, -0.05) is 15.9 Å². The van der Waals surface area contributed by atoms with E-state index in [9.17, 15) is 9.90 Å². The second-order valence-corrected chi connectivity index (χ2v) is 6.07. The molecule has 0 saturated carbocycles. The van der Waals surface area contributed by atoms with Crippen LogP contribution in [-0.4, -0.2) is 30.1 Å². The molecule has 0 radical (unpaired) electrons. The maximum absolute atomic E-state index is 11.1. The summed E-state index contributed by atoms with van der Waals surface area (Å²) in [7, 11) is 0. The summed E-state index contributed by atoms with van der Waals surface area (Å²) in [5.41, 5.74) is 1.09. The van der Waals surface area contributed by atoms with Crippen LogP contribution in [0.25, 0.3) is 0 Å². The summed E-state index contributed by atoms with van der Waals surface area (Å²) in [4.78, 5) is 13.3. The molecular weight excluding hydrogens is 294 g/mol. The molecule has 0 amide bonds. The molecule has 1 aromatic carbocycles. The van der Waals surface area contributed by atoms with Crippen LogP contribution >= 0.6 is 15.9 Å². The van der Waals surface area contributed by atoms with Crippen molar-refractivity contribution in [1.82, 2.24) is 0 Å². The molecule has 2 rings (SSSR count). The third-order valence-electron chi connectivity index (χ3n) is 3.52. The number of carbonyl (C=O) groups is 1. The molecule has 1 heterocycles. The SMILES string of the molecule is CC1(O)CCCN(c2ccc(Br)cc2C=O)CC1. The van der Waals surface area contributed by atoms with E-state index >= 15 is 0 Å². The minimum Gasteiger partial charge on any atom is -0.390 e. The van der Waals surface area contributed by atoms with E-state index in [0.29, 0.717) is 5.56 Å². The fourth-order valence-electron chi connectivity index (χ4n) is 2.41. The van der Waals surface area contributed by atoms with Gasteiger partial charge in [0, 0.05) is 28.8 Å². The Kier molecular flexibility index (Phi) is 4.07. The van der Waals surface area contributed by atoms with Crippen LogP contribution in [0.2, 0.25) is 0 Å². The quantitative estimate of drug-likeness (QED) is 0.854. The summed E-state index contributed by atoms with van der Waals surface area (Å²) < 4.78 is 0.912. The van der Waals surface area contributed by atoms with Gasteiger partial charge in [-0.25, -0.2) is 0 Å².